The third kappa shape index (κ3) is 3.00. The van der Waals surface area contributed by atoms with Gasteiger partial charge in [0.05, 0.1) is 5.69 Å². The van der Waals surface area contributed by atoms with Crippen molar-refractivity contribution in [3.05, 3.63) is 108 Å². The standard InChI is InChI=1S/C27H24NOP/c1-27(2)21-15-9-17-23(28)25(21)29-26-22(27)16-10-18-24(26)30(19-11-5-3-6-12-19)20-13-7-4-8-14-20/h3-18H,28H2,1-2H3. The molecule has 2 nitrogen and oxygen atoms in total. The molecule has 0 unspecified atom stereocenters. The van der Waals surface area contributed by atoms with Crippen LogP contribution in [0.3, 0.4) is 0 Å². The molecular weight excluding hydrogens is 385 g/mol. The van der Waals surface area contributed by atoms with Crippen LogP contribution in [0.25, 0.3) is 0 Å². The van der Waals surface area contributed by atoms with Crippen molar-refractivity contribution < 1.29 is 4.74 Å². The number of anilines is 1. The number of rotatable bonds is 3. The SMILES string of the molecule is CC1(C)c2cccc(N)c2Oc2c(P(c3ccccc3)c3ccccc3)cccc21. The summed E-state index contributed by atoms with van der Waals surface area (Å²) in [7, 11) is -0.767. The molecule has 148 valence electrons. The van der Waals surface area contributed by atoms with Crippen LogP contribution in [0.4, 0.5) is 5.69 Å². The van der Waals surface area contributed by atoms with Crippen LogP contribution in [0.1, 0.15) is 25.0 Å². The molecule has 0 saturated carbocycles. The fourth-order valence-electron chi connectivity index (χ4n) is 4.29. The maximum Gasteiger partial charge on any atom is 0.154 e. The van der Waals surface area contributed by atoms with Gasteiger partial charge in [0, 0.05) is 21.8 Å². The number of para-hydroxylation sites is 2. The lowest BCUT2D eigenvalue weighted by Crippen LogP contribution is -2.30. The van der Waals surface area contributed by atoms with Crippen molar-refractivity contribution in [2.24, 2.45) is 0 Å². The number of nitrogens with two attached hydrogens (primary N) is 1. The van der Waals surface area contributed by atoms with Crippen LogP contribution in [-0.4, -0.2) is 0 Å². The number of benzene rings is 4. The van der Waals surface area contributed by atoms with Gasteiger partial charge >= 0.3 is 0 Å². The van der Waals surface area contributed by atoms with Gasteiger partial charge in [-0.15, -0.1) is 0 Å². The molecule has 0 aromatic heterocycles. The lowest BCUT2D eigenvalue weighted by molar-refractivity contribution is 0.423. The first kappa shape index (κ1) is 18.9. The maximum absolute atomic E-state index is 6.59. The summed E-state index contributed by atoms with van der Waals surface area (Å²) >= 11 is 0. The van der Waals surface area contributed by atoms with Gasteiger partial charge in [-0.3, -0.25) is 0 Å². The molecule has 0 spiro atoms. The van der Waals surface area contributed by atoms with Crippen molar-refractivity contribution in [2.75, 3.05) is 5.73 Å². The molecule has 0 bridgehead atoms. The molecule has 4 aromatic rings. The van der Waals surface area contributed by atoms with Crippen LogP contribution >= 0.6 is 7.92 Å². The molecule has 1 aliphatic heterocycles. The van der Waals surface area contributed by atoms with Gasteiger partial charge in [0.2, 0.25) is 0 Å². The van der Waals surface area contributed by atoms with Crippen LogP contribution in [0.15, 0.2) is 97.1 Å². The maximum atomic E-state index is 6.59. The number of nitrogen functional groups attached to an aromatic ring is 1. The molecule has 2 N–H and O–H groups in total. The molecule has 0 amide bonds. The highest BCUT2D eigenvalue weighted by molar-refractivity contribution is 7.80. The van der Waals surface area contributed by atoms with E-state index < -0.39 is 7.92 Å². The Bertz CT molecular complexity index is 1160. The van der Waals surface area contributed by atoms with Gasteiger partial charge < -0.3 is 10.5 Å². The van der Waals surface area contributed by atoms with Crippen molar-refractivity contribution in [1.29, 1.82) is 0 Å². The van der Waals surface area contributed by atoms with Crippen molar-refractivity contribution in [3.8, 4) is 11.5 Å². The highest BCUT2D eigenvalue weighted by Gasteiger charge is 2.37. The predicted molar refractivity (Wildman–Crippen MR) is 128 cm³/mol. The van der Waals surface area contributed by atoms with E-state index in [1.807, 2.05) is 12.1 Å². The first-order chi connectivity index (χ1) is 14.6. The summed E-state index contributed by atoms with van der Waals surface area (Å²) in [5, 5.41) is 3.84. The number of ether oxygens (including phenoxy) is 1. The summed E-state index contributed by atoms with van der Waals surface area (Å²) < 4.78 is 6.59. The quantitative estimate of drug-likeness (QED) is 0.360. The summed E-state index contributed by atoms with van der Waals surface area (Å²) in [6.07, 6.45) is 0. The molecule has 0 aliphatic carbocycles. The molecule has 1 heterocycles. The minimum absolute atomic E-state index is 0.192. The normalized spacial score (nSPS) is 14.0. The van der Waals surface area contributed by atoms with Crippen LogP contribution in [-0.2, 0) is 5.41 Å². The van der Waals surface area contributed by atoms with E-state index in [1.54, 1.807) is 0 Å². The molecule has 0 atom stereocenters. The Labute approximate surface area is 179 Å². The lowest BCUT2D eigenvalue weighted by atomic mass is 9.75. The first-order valence-corrected chi connectivity index (χ1v) is 11.5. The second kappa shape index (κ2) is 7.31. The van der Waals surface area contributed by atoms with E-state index in [9.17, 15) is 0 Å². The smallest absolute Gasteiger partial charge is 0.154 e. The fraction of sp³-hybridized carbons (Fsp3) is 0.111. The Kier molecular flexibility index (Phi) is 4.60. The minimum Gasteiger partial charge on any atom is -0.454 e. The van der Waals surface area contributed by atoms with Crippen LogP contribution in [0, 0.1) is 0 Å². The van der Waals surface area contributed by atoms with E-state index in [1.165, 1.54) is 21.5 Å². The zero-order valence-electron chi connectivity index (χ0n) is 17.2. The highest BCUT2D eigenvalue weighted by atomic mass is 31.1. The monoisotopic (exact) mass is 409 g/mol. The average Bonchev–Trinajstić information content (AvgIpc) is 2.77. The summed E-state index contributed by atoms with van der Waals surface area (Å²) in [5.41, 5.74) is 9.18. The summed E-state index contributed by atoms with van der Waals surface area (Å²) in [4.78, 5) is 0. The van der Waals surface area contributed by atoms with E-state index in [0.717, 1.165) is 17.1 Å². The van der Waals surface area contributed by atoms with E-state index in [4.69, 9.17) is 10.5 Å². The summed E-state index contributed by atoms with van der Waals surface area (Å²) in [6.45, 7) is 4.51. The van der Waals surface area contributed by atoms with Gasteiger partial charge in [-0.1, -0.05) is 105 Å². The van der Waals surface area contributed by atoms with Gasteiger partial charge in [0.15, 0.2) is 5.75 Å². The number of hydrogen-bond donors (Lipinski definition) is 1. The van der Waals surface area contributed by atoms with Crippen molar-refractivity contribution >= 4 is 29.5 Å². The first-order valence-electron chi connectivity index (χ1n) is 10.2. The summed E-state index contributed by atoms with van der Waals surface area (Å²) in [5.74, 6) is 1.74. The lowest BCUT2D eigenvalue weighted by Gasteiger charge is -2.37. The second-order valence-corrected chi connectivity index (χ2v) is 10.3. The molecular formula is C27H24NOP. The fourth-order valence-corrected chi connectivity index (χ4v) is 6.69. The average molecular weight is 409 g/mol. The van der Waals surface area contributed by atoms with E-state index in [0.29, 0.717) is 5.69 Å². The molecule has 4 aromatic carbocycles. The topological polar surface area (TPSA) is 35.2 Å². The highest BCUT2D eigenvalue weighted by Crippen LogP contribution is 2.51. The molecule has 30 heavy (non-hydrogen) atoms. The zero-order chi connectivity index (χ0) is 20.7. The Hall–Kier alpha value is -3.09. The number of hydrogen-bond acceptors (Lipinski definition) is 2. The molecule has 0 fully saturated rings. The van der Waals surface area contributed by atoms with Gasteiger partial charge in [0.1, 0.15) is 5.75 Å². The van der Waals surface area contributed by atoms with E-state index >= 15 is 0 Å². The van der Waals surface area contributed by atoms with Crippen molar-refractivity contribution in [1.82, 2.24) is 0 Å². The van der Waals surface area contributed by atoms with Crippen molar-refractivity contribution in [2.45, 2.75) is 19.3 Å². The number of fused-ring (bicyclic) bond motifs is 2. The predicted octanol–water partition coefficient (Wildman–Crippen LogP) is 5.46. The van der Waals surface area contributed by atoms with Crippen LogP contribution in [0.2, 0.25) is 0 Å². The van der Waals surface area contributed by atoms with Crippen molar-refractivity contribution in [3.63, 3.8) is 0 Å². The van der Waals surface area contributed by atoms with E-state index in [2.05, 4.69) is 98.8 Å². The van der Waals surface area contributed by atoms with Gasteiger partial charge in [0.25, 0.3) is 0 Å². The molecule has 0 saturated heterocycles. The second-order valence-electron chi connectivity index (χ2n) is 8.11. The molecule has 1 aliphatic rings. The third-order valence-corrected chi connectivity index (χ3v) is 8.32. The molecule has 3 heteroatoms. The van der Waals surface area contributed by atoms with Gasteiger partial charge in [-0.05, 0) is 24.6 Å². The van der Waals surface area contributed by atoms with Crippen LogP contribution in [0.5, 0.6) is 11.5 Å². The third-order valence-electron chi connectivity index (χ3n) is 5.86. The molecule has 5 rings (SSSR count). The molecule has 0 radical (unpaired) electrons. The minimum atomic E-state index is -0.767. The largest absolute Gasteiger partial charge is 0.454 e. The zero-order valence-corrected chi connectivity index (χ0v) is 18.1. The van der Waals surface area contributed by atoms with Gasteiger partial charge in [-0.2, -0.15) is 0 Å². The van der Waals surface area contributed by atoms with Crippen LogP contribution < -0.4 is 26.4 Å². The van der Waals surface area contributed by atoms with Gasteiger partial charge in [-0.25, -0.2) is 0 Å². The summed E-state index contributed by atoms with van der Waals surface area (Å²) in [6, 6.07) is 34.1. The Morgan fingerprint density at radius 3 is 1.77 bits per heavy atom. The Balaban J connectivity index is 1.76. The van der Waals surface area contributed by atoms with E-state index in [-0.39, 0.29) is 5.41 Å². The Morgan fingerprint density at radius 1 is 0.633 bits per heavy atom. The Morgan fingerprint density at radius 2 is 1.17 bits per heavy atom.